The minimum Gasteiger partial charge on any atom is -0.465 e. The van der Waals surface area contributed by atoms with Gasteiger partial charge in [-0.15, -0.1) is 0 Å². The summed E-state index contributed by atoms with van der Waals surface area (Å²) >= 11 is 3.50. The van der Waals surface area contributed by atoms with Crippen LogP contribution in [-0.4, -0.2) is 13.1 Å². The van der Waals surface area contributed by atoms with E-state index in [-0.39, 0.29) is 12.0 Å². The van der Waals surface area contributed by atoms with Crippen LogP contribution in [0.25, 0.3) is 0 Å². The molecular formula is C20H18BrNO2. The average Bonchev–Trinajstić information content (AvgIpc) is 3.11. The van der Waals surface area contributed by atoms with Crippen molar-refractivity contribution >= 4 is 27.6 Å². The Bertz CT molecular complexity index is 813. The third-order valence-electron chi connectivity index (χ3n) is 5.01. The van der Waals surface area contributed by atoms with Crippen LogP contribution >= 0.6 is 15.9 Å². The number of allylic oxidation sites excluding steroid dienone is 2. The summed E-state index contributed by atoms with van der Waals surface area (Å²) in [6.07, 6.45) is 5.57. The SMILES string of the molecule is COC(=O)c1ccc2c(c1)[C@H]1C=CC[C@H]1[C@H](c1ccc(Br)cc1)N2. The first-order valence-electron chi connectivity index (χ1n) is 8.08. The van der Waals surface area contributed by atoms with E-state index >= 15 is 0 Å². The number of fused-ring (bicyclic) bond motifs is 3. The molecule has 0 aromatic heterocycles. The molecule has 0 unspecified atom stereocenters. The molecule has 2 aromatic carbocycles. The zero-order valence-electron chi connectivity index (χ0n) is 13.3. The average molecular weight is 384 g/mol. The van der Waals surface area contributed by atoms with Crippen molar-refractivity contribution in [1.29, 1.82) is 0 Å². The van der Waals surface area contributed by atoms with Crippen molar-refractivity contribution in [2.45, 2.75) is 18.4 Å². The number of hydrogen-bond acceptors (Lipinski definition) is 3. The Hall–Kier alpha value is -2.07. The molecule has 2 aliphatic rings. The molecule has 1 aliphatic heterocycles. The number of halogens is 1. The van der Waals surface area contributed by atoms with Gasteiger partial charge in [-0.1, -0.05) is 40.2 Å². The largest absolute Gasteiger partial charge is 0.465 e. The van der Waals surface area contributed by atoms with Crippen molar-refractivity contribution in [2.75, 3.05) is 12.4 Å². The first-order chi connectivity index (χ1) is 11.7. The predicted octanol–water partition coefficient (Wildman–Crippen LogP) is 5.06. The first kappa shape index (κ1) is 15.5. The monoisotopic (exact) mass is 383 g/mol. The molecule has 0 radical (unpaired) electrons. The smallest absolute Gasteiger partial charge is 0.337 e. The van der Waals surface area contributed by atoms with E-state index in [9.17, 15) is 4.79 Å². The lowest BCUT2D eigenvalue weighted by Gasteiger charge is -2.37. The zero-order valence-corrected chi connectivity index (χ0v) is 14.9. The van der Waals surface area contributed by atoms with Gasteiger partial charge >= 0.3 is 5.97 Å². The van der Waals surface area contributed by atoms with Crippen molar-refractivity contribution in [1.82, 2.24) is 0 Å². The number of carbonyl (C=O) groups excluding carboxylic acids is 1. The van der Waals surface area contributed by atoms with Crippen LogP contribution in [0.4, 0.5) is 5.69 Å². The Kier molecular flexibility index (Phi) is 3.93. The van der Waals surface area contributed by atoms with Crippen LogP contribution in [0, 0.1) is 5.92 Å². The molecule has 1 N–H and O–H groups in total. The van der Waals surface area contributed by atoms with E-state index in [1.54, 1.807) is 0 Å². The summed E-state index contributed by atoms with van der Waals surface area (Å²) in [5.41, 5.74) is 4.19. The van der Waals surface area contributed by atoms with Crippen molar-refractivity contribution in [3.8, 4) is 0 Å². The summed E-state index contributed by atoms with van der Waals surface area (Å²) in [5, 5.41) is 3.68. The molecule has 0 saturated carbocycles. The molecule has 2 aromatic rings. The summed E-state index contributed by atoms with van der Waals surface area (Å²) < 4.78 is 5.95. The van der Waals surface area contributed by atoms with Crippen LogP contribution in [0.3, 0.4) is 0 Å². The summed E-state index contributed by atoms with van der Waals surface area (Å²) in [4.78, 5) is 11.8. The molecule has 0 amide bonds. The van der Waals surface area contributed by atoms with E-state index in [1.165, 1.54) is 18.2 Å². The van der Waals surface area contributed by atoms with Crippen molar-refractivity contribution in [3.63, 3.8) is 0 Å². The fourth-order valence-electron chi connectivity index (χ4n) is 3.84. The van der Waals surface area contributed by atoms with Gasteiger partial charge in [-0.05, 0) is 53.8 Å². The summed E-state index contributed by atoms with van der Waals surface area (Å²) in [6, 6.07) is 14.6. The number of ether oxygens (including phenoxy) is 1. The predicted molar refractivity (Wildman–Crippen MR) is 98.3 cm³/mol. The second-order valence-corrected chi connectivity index (χ2v) is 7.24. The van der Waals surface area contributed by atoms with Gasteiger partial charge in [-0.3, -0.25) is 0 Å². The number of methoxy groups -OCH3 is 1. The molecule has 0 spiro atoms. The van der Waals surface area contributed by atoms with Crippen LogP contribution in [0.5, 0.6) is 0 Å². The van der Waals surface area contributed by atoms with Gasteiger partial charge in [-0.25, -0.2) is 4.79 Å². The molecule has 4 rings (SSSR count). The maximum Gasteiger partial charge on any atom is 0.337 e. The third-order valence-corrected chi connectivity index (χ3v) is 5.54. The summed E-state index contributed by atoms with van der Waals surface area (Å²) in [6.45, 7) is 0. The fourth-order valence-corrected chi connectivity index (χ4v) is 4.10. The zero-order chi connectivity index (χ0) is 16.7. The quantitative estimate of drug-likeness (QED) is 0.581. The molecule has 1 aliphatic carbocycles. The second-order valence-electron chi connectivity index (χ2n) is 6.32. The lowest BCUT2D eigenvalue weighted by atomic mass is 9.76. The van der Waals surface area contributed by atoms with Gasteiger partial charge in [-0.2, -0.15) is 0 Å². The molecular weight excluding hydrogens is 366 g/mol. The van der Waals surface area contributed by atoms with Crippen LogP contribution in [0.1, 0.15) is 39.9 Å². The topological polar surface area (TPSA) is 38.3 Å². The Balaban J connectivity index is 1.74. The van der Waals surface area contributed by atoms with Gasteiger partial charge in [0.1, 0.15) is 0 Å². The summed E-state index contributed by atoms with van der Waals surface area (Å²) in [5.74, 6) is 0.512. The van der Waals surface area contributed by atoms with Crippen molar-refractivity contribution in [2.24, 2.45) is 5.92 Å². The van der Waals surface area contributed by atoms with Crippen LogP contribution in [0.15, 0.2) is 59.1 Å². The standard InChI is InChI=1S/C20H18BrNO2/c1-24-20(23)13-7-10-18-17(11-13)15-3-2-4-16(15)19(22-18)12-5-8-14(21)9-6-12/h2-3,5-11,15-16,19,22H,4H2,1H3/t15-,16+,19-/m0/s1. The summed E-state index contributed by atoms with van der Waals surface area (Å²) in [7, 11) is 1.42. The minimum atomic E-state index is -0.286. The molecule has 3 atom stereocenters. The van der Waals surface area contributed by atoms with Crippen molar-refractivity contribution < 1.29 is 9.53 Å². The Morgan fingerprint density at radius 3 is 2.75 bits per heavy atom. The highest BCUT2D eigenvalue weighted by Crippen LogP contribution is 2.50. The third kappa shape index (κ3) is 2.55. The Labute approximate surface area is 149 Å². The number of nitrogens with one attached hydrogen (secondary N) is 1. The number of esters is 1. The number of hydrogen-bond donors (Lipinski definition) is 1. The van der Waals surface area contributed by atoms with Crippen molar-refractivity contribution in [3.05, 3.63) is 75.8 Å². The lowest BCUT2D eigenvalue weighted by Crippen LogP contribution is -2.29. The number of anilines is 1. The van der Waals surface area contributed by atoms with Crippen LogP contribution < -0.4 is 5.32 Å². The molecule has 122 valence electrons. The molecule has 24 heavy (non-hydrogen) atoms. The van der Waals surface area contributed by atoms with Gasteiger partial charge in [0.15, 0.2) is 0 Å². The maximum atomic E-state index is 11.8. The molecule has 0 saturated heterocycles. The van der Waals surface area contributed by atoms with E-state index < -0.39 is 0 Å². The minimum absolute atomic E-state index is 0.273. The first-order valence-corrected chi connectivity index (χ1v) is 8.87. The highest BCUT2D eigenvalue weighted by Gasteiger charge is 2.38. The van der Waals surface area contributed by atoms with E-state index in [4.69, 9.17) is 4.74 Å². The molecule has 0 bridgehead atoms. The molecule has 1 heterocycles. The van der Waals surface area contributed by atoms with Crippen LogP contribution in [-0.2, 0) is 4.74 Å². The van der Waals surface area contributed by atoms with Gasteiger partial charge < -0.3 is 10.1 Å². The van der Waals surface area contributed by atoms with E-state index in [0.717, 1.165) is 16.6 Å². The van der Waals surface area contributed by atoms with Gasteiger partial charge in [0.25, 0.3) is 0 Å². The van der Waals surface area contributed by atoms with E-state index in [2.05, 4.69) is 57.7 Å². The second kappa shape index (κ2) is 6.10. The van der Waals surface area contributed by atoms with E-state index in [0.29, 0.717) is 17.4 Å². The number of carbonyl (C=O) groups is 1. The Morgan fingerprint density at radius 1 is 1.21 bits per heavy atom. The molecule has 4 heteroatoms. The van der Waals surface area contributed by atoms with Gasteiger partial charge in [0, 0.05) is 16.1 Å². The molecule has 0 fully saturated rings. The highest BCUT2D eigenvalue weighted by atomic mass is 79.9. The Morgan fingerprint density at radius 2 is 2.00 bits per heavy atom. The maximum absolute atomic E-state index is 11.8. The lowest BCUT2D eigenvalue weighted by molar-refractivity contribution is 0.0600. The molecule has 3 nitrogen and oxygen atoms in total. The van der Waals surface area contributed by atoms with Gasteiger partial charge in [0.2, 0.25) is 0 Å². The van der Waals surface area contributed by atoms with E-state index in [1.807, 2.05) is 18.2 Å². The highest BCUT2D eigenvalue weighted by molar-refractivity contribution is 9.10. The fraction of sp³-hybridized carbons (Fsp3) is 0.250. The normalized spacial score (nSPS) is 24.0. The van der Waals surface area contributed by atoms with Crippen LogP contribution in [0.2, 0.25) is 0 Å². The number of benzene rings is 2. The number of rotatable bonds is 2. The van der Waals surface area contributed by atoms with Gasteiger partial charge in [0.05, 0.1) is 18.7 Å².